The summed E-state index contributed by atoms with van der Waals surface area (Å²) in [5.74, 6) is -0.0985. The molecule has 0 spiro atoms. The zero-order valence-corrected chi connectivity index (χ0v) is 8.07. The SMILES string of the molecule is [N-]=[N+]=NCCNC(=O)CCn1cncn1. The molecule has 1 aromatic heterocycles. The molecule has 1 N–H and O–H groups in total. The van der Waals surface area contributed by atoms with Gasteiger partial charge < -0.3 is 5.32 Å². The molecule has 8 heteroatoms. The monoisotopic (exact) mass is 209 g/mol. The van der Waals surface area contributed by atoms with Crippen molar-refractivity contribution in [3.8, 4) is 0 Å². The Morgan fingerprint density at radius 3 is 3.20 bits per heavy atom. The molecular weight excluding hydrogens is 198 g/mol. The van der Waals surface area contributed by atoms with E-state index in [0.29, 0.717) is 19.5 Å². The number of nitrogens with one attached hydrogen (secondary N) is 1. The molecule has 0 aliphatic heterocycles. The van der Waals surface area contributed by atoms with Crippen molar-refractivity contribution in [2.75, 3.05) is 13.1 Å². The van der Waals surface area contributed by atoms with Crippen molar-refractivity contribution in [2.24, 2.45) is 5.11 Å². The molecule has 0 unspecified atom stereocenters. The van der Waals surface area contributed by atoms with E-state index in [4.69, 9.17) is 5.53 Å². The standard InChI is InChI=1S/C7H11N7O/c8-13-11-3-2-10-7(15)1-4-14-6-9-5-12-14/h5-6H,1-4H2,(H,10,15). The summed E-state index contributed by atoms with van der Waals surface area (Å²) in [5.41, 5.74) is 7.99. The van der Waals surface area contributed by atoms with Gasteiger partial charge in [0, 0.05) is 24.4 Å². The lowest BCUT2D eigenvalue weighted by atomic mass is 10.4. The summed E-state index contributed by atoms with van der Waals surface area (Å²) >= 11 is 0. The van der Waals surface area contributed by atoms with Crippen molar-refractivity contribution in [3.63, 3.8) is 0 Å². The number of carbonyl (C=O) groups excluding carboxylic acids is 1. The largest absolute Gasteiger partial charge is 0.356 e. The zero-order chi connectivity index (χ0) is 10.9. The van der Waals surface area contributed by atoms with Gasteiger partial charge in [-0.1, -0.05) is 5.11 Å². The maximum atomic E-state index is 11.2. The molecule has 8 nitrogen and oxygen atoms in total. The summed E-state index contributed by atoms with van der Waals surface area (Å²) in [7, 11) is 0. The molecule has 0 saturated heterocycles. The fraction of sp³-hybridized carbons (Fsp3) is 0.571. The van der Waals surface area contributed by atoms with Crippen LogP contribution < -0.4 is 5.32 Å². The molecule has 0 aromatic carbocycles. The summed E-state index contributed by atoms with van der Waals surface area (Å²) in [6.07, 6.45) is 3.30. The van der Waals surface area contributed by atoms with Crippen LogP contribution in [0.2, 0.25) is 0 Å². The minimum absolute atomic E-state index is 0.0985. The van der Waals surface area contributed by atoms with Crippen LogP contribution in [-0.4, -0.2) is 33.8 Å². The Balaban J connectivity index is 2.11. The third-order valence-electron chi connectivity index (χ3n) is 1.63. The van der Waals surface area contributed by atoms with E-state index in [-0.39, 0.29) is 12.5 Å². The van der Waals surface area contributed by atoms with Crippen LogP contribution in [0.3, 0.4) is 0 Å². The summed E-state index contributed by atoms with van der Waals surface area (Å²) in [5, 5.41) is 9.76. The minimum Gasteiger partial charge on any atom is -0.356 e. The van der Waals surface area contributed by atoms with Crippen molar-refractivity contribution in [3.05, 3.63) is 23.1 Å². The number of azide groups is 1. The zero-order valence-electron chi connectivity index (χ0n) is 8.07. The highest BCUT2D eigenvalue weighted by Gasteiger charge is 2.00. The van der Waals surface area contributed by atoms with Crippen LogP contribution in [0.1, 0.15) is 6.42 Å². The topological polar surface area (TPSA) is 109 Å². The lowest BCUT2D eigenvalue weighted by molar-refractivity contribution is -0.121. The normalized spacial score (nSPS) is 9.33. The van der Waals surface area contributed by atoms with Crippen molar-refractivity contribution in [2.45, 2.75) is 13.0 Å². The minimum atomic E-state index is -0.0985. The first-order valence-electron chi connectivity index (χ1n) is 4.43. The Bertz CT molecular complexity index is 340. The maximum absolute atomic E-state index is 11.2. The maximum Gasteiger partial charge on any atom is 0.221 e. The third kappa shape index (κ3) is 4.63. The highest BCUT2D eigenvalue weighted by molar-refractivity contribution is 5.75. The van der Waals surface area contributed by atoms with Gasteiger partial charge in [0.2, 0.25) is 5.91 Å². The number of amides is 1. The second kappa shape index (κ2) is 6.39. The second-order valence-corrected chi connectivity index (χ2v) is 2.71. The predicted molar refractivity (Wildman–Crippen MR) is 51.7 cm³/mol. The molecule has 0 radical (unpaired) electrons. The Morgan fingerprint density at radius 2 is 2.53 bits per heavy atom. The Labute approximate surface area is 85.9 Å². The molecule has 1 amide bonds. The highest BCUT2D eigenvalue weighted by Crippen LogP contribution is 1.86. The van der Waals surface area contributed by atoms with Gasteiger partial charge in [-0.05, 0) is 5.53 Å². The van der Waals surface area contributed by atoms with E-state index < -0.39 is 0 Å². The van der Waals surface area contributed by atoms with E-state index in [0.717, 1.165) is 0 Å². The van der Waals surface area contributed by atoms with Crippen LogP contribution >= 0.6 is 0 Å². The van der Waals surface area contributed by atoms with E-state index in [1.165, 1.54) is 6.33 Å². The van der Waals surface area contributed by atoms with Gasteiger partial charge in [0.25, 0.3) is 0 Å². The van der Waals surface area contributed by atoms with Crippen LogP contribution in [0.5, 0.6) is 0 Å². The second-order valence-electron chi connectivity index (χ2n) is 2.71. The fourth-order valence-corrected chi connectivity index (χ4v) is 0.943. The van der Waals surface area contributed by atoms with E-state index in [1.807, 2.05) is 0 Å². The van der Waals surface area contributed by atoms with Crippen LogP contribution in [0, 0.1) is 0 Å². The molecule has 0 atom stereocenters. The van der Waals surface area contributed by atoms with Gasteiger partial charge in [0.15, 0.2) is 0 Å². The molecule has 0 aliphatic rings. The molecule has 1 rings (SSSR count). The summed E-state index contributed by atoms with van der Waals surface area (Å²) in [6, 6.07) is 0. The van der Waals surface area contributed by atoms with E-state index in [2.05, 4.69) is 25.4 Å². The van der Waals surface area contributed by atoms with Crippen LogP contribution in [0.15, 0.2) is 17.8 Å². The molecule has 1 heterocycles. The lowest BCUT2D eigenvalue weighted by Crippen LogP contribution is -2.26. The molecule has 1 aromatic rings. The van der Waals surface area contributed by atoms with Gasteiger partial charge in [-0.3, -0.25) is 9.48 Å². The highest BCUT2D eigenvalue weighted by atomic mass is 16.1. The van der Waals surface area contributed by atoms with Crippen molar-refractivity contribution < 1.29 is 4.79 Å². The molecule has 0 aliphatic carbocycles. The molecule has 80 valence electrons. The van der Waals surface area contributed by atoms with Gasteiger partial charge >= 0.3 is 0 Å². The van der Waals surface area contributed by atoms with Crippen molar-refractivity contribution in [1.82, 2.24) is 20.1 Å². The molecule has 15 heavy (non-hydrogen) atoms. The average molecular weight is 209 g/mol. The Morgan fingerprint density at radius 1 is 1.67 bits per heavy atom. The van der Waals surface area contributed by atoms with E-state index >= 15 is 0 Å². The van der Waals surface area contributed by atoms with Gasteiger partial charge in [-0.25, -0.2) is 4.98 Å². The number of hydrogen-bond acceptors (Lipinski definition) is 4. The molecule has 0 saturated carbocycles. The lowest BCUT2D eigenvalue weighted by Gasteiger charge is -2.02. The average Bonchev–Trinajstić information content (AvgIpc) is 2.74. The number of nitrogens with zero attached hydrogens (tertiary/aromatic N) is 6. The number of carbonyl (C=O) groups is 1. The van der Waals surface area contributed by atoms with Crippen molar-refractivity contribution >= 4 is 5.91 Å². The first-order valence-corrected chi connectivity index (χ1v) is 4.43. The number of hydrogen-bond donors (Lipinski definition) is 1. The molecular formula is C7H11N7O. The first-order chi connectivity index (χ1) is 7.33. The van der Waals surface area contributed by atoms with Gasteiger partial charge in [0.05, 0.1) is 6.54 Å². The summed E-state index contributed by atoms with van der Waals surface area (Å²) < 4.78 is 1.58. The Kier molecular flexibility index (Phi) is 4.68. The Hall–Kier alpha value is -2.08. The van der Waals surface area contributed by atoms with Gasteiger partial charge in [-0.2, -0.15) is 5.10 Å². The van der Waals surface area contributed by atoms with Crippen LogP contribution in [0.4, 0.5) is 0 Å². The molecule has 0 fully saturated rings. The van der Waals surface area contributed by atoms with Crippen molar-refractivity contribution in [1.29, 1.82) is 0 Å². The van der Waals surface area contributed by atoms with E-state index in [9.17, 15) is 4.79 Å². The smallest absolute Gasteiger partial charge is 0.221 e. The van der Waals surface area contributed by atoms with E-state index in [1.54, 1.807) is 11.0 Å². The fourth-order valence-electron chi connectivity index (χ4n) is 0.943. The number of rotatable bonds is 6. The predicted octanol–water partition coefficient (Wildman–Crippen LogP) is 0.0947. The summed E-state index contributed by atoms with van der Waals surface area (Å²) in [6.45, 7) is 1.12. The van der Waals surface area contributed by atoms with Gasteiger partial charge in [0.1, 0.15) is 12.7 Å². The number of aromatic nitrogens is 3. The van der Waals surface area contributed by atoms with Crippen LogP contribution in [0.25, 0.3) is 10.4 Å². The van der Waals surface area contributed by atoms with Crippen LogP contribution in [-0.2, 0) is 11.3 Å². The first kappa shape index (κ1) is 11.0. The summed E-state index contributed by atoms with van der Waals surface area (Å²) in [4.78, 5) is 17.5. The van der Waals surface area contributed by atoms with Gasteiger partial charge in [-0.15, -0.1) is 0 Å². The third-order valence-corrected chi connectivity index (χ3v) is 1.63. The quantitative estimate of drug-likeness (QED) is 0.310. The molecule has 0 bridgehead atoms. The number of aryl methyl sites for hydroxylation is 1.